The second-order valence-electron chi connectivity index (χ2n) is 4.28. The summed E-state index contributed by atoms with van der Waals surface area (Å²) in [6.45, 7) is 2.29. The lowest BCUT2D eigenvalue weighted by atomic mass is 10.2. The third-order valence-corrected chi connectivity index (χ3v) is 2.69. The molecule has 6 nitrogen and oxygen atoms in total. The van der Waals surface area contributed by atoms with Crippen molar-refractivity contribution in [3.8, 4) is 23.0 Å². The Morgan fingerprint density at radius 1 is 1.10 bits per heavy atom. The SMILES string of the molecule is CCCOc1cccc(Oc2ccccc2O)c1[N+](=O)[O-]. The van der Waals surface area contributed by atoms with Crippen LogP contribution >= 0.6 is 0 Å². The van der Waals surface area contributed by atoms with Gasteiger partial charge in [0.05, 0.1) is 11.5 Å². The average molecular weight is 289 g/mol. The summed E-state index contributed by atoms with van der Waals surface area (Å²) in [5.41, 5.74) is -0.255. The van der Waals surface area contributed by atoms with Crippen molar-refractivity contribution in [3.05, 3.63) is 52.6 Å². The minimum Gasteiger partial charge on any atom is -0.504 e. The summed E-state index contributed by atoms with van der Waals surface area (Å²) >= 11 is 0. The maximum atomic E-state index is 11.3. The van der Waals surface area contributed by atoms with Crippen molar-refractivity contribution >= 4 is 5.69 Å². The van der Waals surface area contributed by atoms with E-state index in [0.717, 1.165) is 6.42 Å². The van der Waals surface area contributed by atoms with E-state index >= 15 is 0 Å². The van der Waals surface area contributed by atoms with Crippen LogP contribution < -0.4 is 9.47 Å². The zero-order valence-electron chi connectivity index (χ0n) is 11.5. The molecule has 0 aliphatic rings. The molecule has 0 fully saturated rings. The fourth-order valence-electron chi connectivity index (χ4n) is 1.75. The predicted molar refractivity (Wildman–Crippen MR) is 77.1 cm³/mol. The van der Waals surface area contributed by atoms with Crippen molar-refractivity contribution in [3.63, 3.8) is 0 Å². The highest BCUT2D eigenvalue weighted by molar-refractivity contribution is 5.59. The van der Waals surface area contributed by atoms with Crippen LogP contribution in [0.5, 0.6) is 23.0 Å². The Hall–Kier alpha value is -2.76. The van der Waals surface area contributed by atoms with Gasteiger partial charge in [-0.2, -0.15) is 0 Å². The van der Waals surface area contributed by atoms with Crippen molar-refractivity contribution in [2.24, 2.45) is 0 Å². The Bertz CT molecular complexity index is 642. The van der Waals surface area contributed by atoms with Gasteiger partial charge in [-0.15, -0.1) is 0 Å². The monoisotopic (exact) mass is 289 g/mol. The number of nitro benzene ring substituents is 1. The fraction of sp³-hybridized carbons (Fsp3) is 0.200. The first-order valence-corrected chi connectivity index (χ1v) is 6.49. The molecule has 0 heterocycles. The number of nitro groups is 1. The maximum absolute atomic E-state index is 11.3. The van der Waals surface area contributed by atoms with Crippen LogP contribution in [-0.2, 0) is 0 Å². The van der Waals surface area contributed by atoms with Crippen LogP contribution in [0.1, 0.15) is 13.3 Å². The maximum Gasteiger partial charge on any atom is 0.352 e. The van der Waals surface area contributed by atoms with E-state index in [2.05, 4.69) is 0 Å². The Labute approximate surface area is 121 Å². The summed E-state index contributed by atoms with van der Waals surface area (Å²) < 4.78 is 10.8. The van der Waals surface area contributed by atoms with E-state index in [0.29, 0.717) is 6.61 Å². The first-order valence-electron chi connectivity index (χ1n) is 6.49. The van der Waals surface area contributed by atoms with Crippen molar-refractivity contribution < 1.29 is 19.5 Å². The summed E-state index contributed by atoms with van der Waals surface area (Å²) in [4.78, 5) is 10.7. The van der Waals surface area contributed by atoms with E-state index in [9.17, 15) is 15.2 Å². The summed E-state index contributed by atoms with van der Waals surface area (Å²) in [6.07, 6.45) is 0.738. The summed E-state index contributed by atoms with van der Waals surface area (Å²) in [6, 6.07) is 10.9. The van der Waals surface area contributed by atoms with Gasteiger partial charge in [-0.3, -0.25) is 10.1 Å². The topological polar surface area (TPSA) is 81.8 Å². The number of phenols is 1. The van der Waals surface area contributed by atoms with E-state index < -0.39 is 4.92 Å². The average Bonchev–Trinajstić information content (AvgIpc) is 2.47. The van der Waals surface area contributed by atoms with Gasteiger partial charge in [-0.05, 0) is 30.7 Å². The summed E-state index contributed by atoms with van der Waals surface area (Å²) in [7, 11) is 0. The van der Waals surface area contributed by atoms with Crippen molar-refractivity contribution in [1.82, 2.24) is 0 Å². The van der Waals surface area contributed by atoms with Crippen LogP contribution in [0.3, 0.4) is 0 Å². The second-order valence-corrected chi connectivity index (χ2v) is 4.28. The predicted octanol–water partition coefficient (Wildman–Crippen LogP) is 3.88. The molecule has 0 unspecified atom stereocenters. The number of aromatic hydroxyl groups is 1. The summed E-state index contributed by atoms with van der Waals surface area (Å²) in [5.74, 6) is 0.227. The van der Waals surface area contributed by atoms with Crippen LogP contribution in [0, 0.1) is 10.1 Å². The normalized spacial score (nSPS) is 10.1. The van der Waals surface area contributed by atoms with Gasteiger partial charge in [0.15, 0.2) is 11.5 Å². The molecule has 0 spiro atoms. The van der Waals surface area contributed by atoms with Crippen LogP contribution in [0.25, 0.3) is 0 Å². The van der Waals surface area contributed by atoms with Crippen LogP contribution in [0.4, 0.5) is 5.69 Å². The van der Waals surface area contributed by atoms with Crippen LogP contribution in [0.2, 0.25) is 0 Å². The van der Waals surface area contributed by atoms with Gasteiger partial charge in [0.25, 0.3) is 0 Å². The lowest BCUT2D eigenvalue weighted by Crippen LogP contribution is -2.01. The van der Waals surface area contributed by atoms with Crippen molar-refractivity contribution in [2.45, 2.75) is 13.3 Å². The zero-order chi connectivity index (χ0) is 15.2. The molecule has 0 radical (unpaired) electrons. The molecule has 110 valence electrons. The van der Waals surface area contributed by atoms with Gasteiger partial charge in [-0.25, -0.2) is 0 Å². The molecule has 0 bridgehead atoms. The van der Waals surface area contributed by atoms with Gasteiger partial charge < -0.3 is 14.6 Å². The molecule has 0 aliphatic heterocycles. The molecule has 2 rings (SSSR count). The number of phenolic OH excluding ortho intramolecular Hbond substituents is 1. The summed E-state index contributed by atoms with van der Waals surface area (Å²) in [5, 5.41) is 20.9. The van der Waals surface area contributed by atoms with Gasteiger partial charge in [0, 0.05) is 0 Å². The smallest absolute Gasteiger partial charge is 0.352 e. The highest BCUT2D eigenvalue weighted by Crippen LogP contribution is 2.40. The zero-order valence-corrected chi connectivity index (χ0v) is 11.5. The first-order chi connectivity index (χ1) is 10.1. The lowest BCUT2D eigenvalue weighted by molar-refractivity contribution is -0.386. The minimum atomic E-state index is -0.555. The largest absolute Gasteiger partial charge is 0.504 e. The highest BCUT2D eigenvalue weighted by Gasteiger charge is 2.23. The molecule has 0 aliphatic carbocycles. The Balaban J connectivity index is 2.39. The van der Waals surface area contributed by atoms with E-state index in [4.69, 9.17) is 9.47 Å². The number of para-hydroxylation sites is 3. The van der Waals surface area contributed by atoms with Gasteiger partial charge in [0.2, 0.25) is 11.5 Å². The Morgan fingerprint density at radius 3 is 2.43 bits per heavy atom. The molecular weight excluding hydrogens is 274 g/mol. The van der Waals surface area contributed by atoms with E-state index in [1.807, 2.05) is 6.92 Å². The van der Waals surface area contributed by atoms with E-state index in [1.54, 1.807) is 18.2 Å². The standard InChI is InChI=1S/C15H15NO5/c1-2-10-20-13-8-5-9-14(15(13)16(18)19)21-12-7-4-3-6-11(12)17/h3-9,17H,2,10H2,1H3. The molecular formula is C15H15NO5. The lowest BCUT2D eigenvalue weighted by Gasteiger charge is -2.10. The number of rotatable bonds is 6. The Morgan fingerprint density at radius 2 is 1.76 bits per heavy atom. The van der Waals surface area contributed by atoms with Crippen LogP contribution in [0.15, 0.2) is 42.5 Å². The third kappa shape index (κ3) is 3.42. The fourth-order valence-corrected chi connectivity index (χ4v) is 1.75. The first kappa shape index (κ1) is 14.6. The minimum absolute atomic E-state index is 0.0232. The van der Waals surface area contributed by atoms with Gasteiger partial charge in [-0.1, -0.05) is 25.1 Å². The van der Waals surface area contributed by atoms with Crippen molar-refractivity contribution in [2.75, 3.05) is 6.61 Å². The Kier molecular flexibility index (Phi) is 4.61. The molecule has 21 heavy (non-hydrogen) atoms. The van der Waals surface area contributed by atoms with Gasteiger partial charge in [0.1, 0.15) is 0 Å². The van der Waals surface area contributed by atoms with Gasteiger partial charge >= 0.3 is 5.69 Å². The molecule has 2 aromatic rings. The van der Waals surface area contributed by atoms with Crippen LogP contribution in [-0.4, -0.2) is 16.6 Å². The second kappa shape index (κ2) is 6.60. The molecule has 1 N–H and O–H groups in total. The molecule has 0 saturated carbocycles. The number of benzene rings is 2. The number of nitrogens with zero attached hydrogens (tertiary/aromatic N) is 1. The third-order valence-electron chi connectivity index (χ3n) is 2.69. The molecule has 0 saturated heterocycles. The van der Waals surface area contributed by atoms with Crippen molar-refractivity contribution in [1.29, 1.82) is 0 Å². The number of hydrogen-bond donors (Lipinski definition) is 1. The van der Waals surface area contributed by atoms with E-state index in [-0.39, 0.29) is 28.7 Å². The molecule has 0 atom stereocenters. The number of ether oxygens (including phenoxy) is 2. The highest BCUT2D eigenvalue weighted by atomic mass is 16.6. The van der Waals surface area contributed by atoms with E-state index in [1.165, 1.54) is 24.3 Å². The number of hydrogen-bond acceptors (Lipinski definition) is 5. The molecule has 2 aromatic carbocycles. The molecule has 0 amide bonds. The molecule has 6 heteroatoms. The quantitative estimate of drug-likeness (QED) is 0.644. The molecule has 0 aromatic heterocycles.